The molecule has 2 aromatic rings. The molecule has 0 amide bonds. The van der Waals surface area contributed by atoms with Crippen molar-refractivity contribution in [1.82, 2.24) is 5.32 Å². The summed E-state index contributed by atoms with van der Waals surface area (Å²) in [4.78, 5) is 0. The molecule has 2 aromatic carbocycles. The van der Waals surface area contributed by atoms with E-state index in [4.69, 9.17) is 11.6 Å². The average molecular weight is 371 g/mol. The summed E-state index contributed by atoms with van der Waals surface area (Å²) in [7, 11) is 0. The van der Waals surface area contributed by atoms with E-state index < -0.39 is 0 Å². The van der Waals surface area contributed by atoms with Crippen LogP contribution in [0.5, 0.6) is 0 Å². The first-order valence-electron chi connectivity index (χ1n) is 7.04. The lowest BCUT2D eigenvalue weighted by atomic mass is 9.98. The molecule has 21 heavy (non-hydrogen) atoms. The van der Waals surface area contributed by atoms with Crippen LogP contribution < -0.4 is 5.32 Å². The fourth-order valence-electron chi connectivity index (χ4n) is 2.32. The zero-order chi connectivity index (χ0) is 15.2. The first kappa shape index (κ1) is 16.5. The number of benzene rings is 2. The molecule has 0 aliphatic carbocycles. The molecule has 0 fully saturated rings. The predicted octanol–water partition coefficient (Wildman–Crippen LogP) is 5.53. The summed E-state index contributed by atoms with van der Waals surface area (Å²) in [6, 6.07) is 12.7. The quantitative estimate of drug-likeness (QED) is 0.705. The van der Waals surface area contributed by atoms with Crippen LogP contribution in [0.3, 0.4) is 0 Å². The van der Waals surface area contributed by atoms with Gasteiger partial charge in [0.2, 0.25) is 0 Å². The molecule has 112 valence electrons. The van der Waals surface area contributed by atoms with Gasteiger partial charge in [-0.3, -0.25) is 0 Å². The van der Waals surface area contributed by atoms with Crippen molar-refractivity contribution in [2.45, 2.75) is 25.8 Å². The van der Waals surface area contributed by atoms with Crippen LogP contribution in [0.2, 0.25) is 5.02 Å². The molecule has 0 saturated heterocycles. The second-order valence-corrected chi connectivity index (χ2v) is 6.20. The third-order valence-electron chi connectivity index (χ3n) is 3.37. The van der Waals surface area contributed by atoms with Gasteiger partial charge < -0.3 is 5.32 Å². The molecule has 0 heterocycles. The standard InChI is InChI=1S/C17H18BrClFN/c1-2-10-21-16(11-12-6-3-4-7-13(12)18)17-14(19)8-5-9-15(17)20/h3-9,16,21H,2,10-11H2,1H3. The second-order valence-electron chi connectivity index (χ2n) is 4.94. The summed E-state index contributed by atoms with van der Waals surface area (Å²) in [6.45, 7) is 2.91. The van der Waals surface area contributed by atoms with E-state index in [9.17, 15) is 4.39 Å². The lowest BCUT2D eigenvalue weighted by Crippen LogP contribution is -2.25. The highest BCUT2D eigenvalue weighted by atomic mass is 79.9. The Kier molecular flexibility index (Phi) is 6.22. The number of hydrogen-bond donors (Lipinski definition) is 1. The molecule has 0 aromatic heterocycles. The van der Waals surface area contributed by atoms with E-state index in [0.717, 1.165) is 23.0 Å². The van der Waals surface area contributed by atoms with Gasteiger partial charge >= 0.3 is 0 Å². The van der Waals surface area contributed by atoms with Crippen LogP contribution >= 0.6 is 27.5 Å². The van der Waals surface area contributed by atoms with Gasteiger partial charge in [-0.25, -0.2) is 4.39 Å². The van der Waals surface area contributed by atoms with Gasteiger partial charge in [0.1, 0.15) is 5.82 Å². The van der Waals surface area contributed by atoms with Crippen LogP contribution in [0.25, 0.3) is 0 Å². The fraction of sp³-hybridized carbons (Fsp3) is 0.294. The molecule has 1 atom stereocenters. The molecule has 0 bridgehead atoms. The molecule has 0 saturated carbocycles. The molecule has 2 rings (SSSR count). The highest BCUT2D eigenvalue weighted by Crippen LogP contribution is 2.30. The number of rotatable bonds is 6. The minimum absolute atomic E-state index is 0.141. The Labute approximate surface area is 138 Å². The van der Waals surface area contributed by atoms with Crippen molar-refractivity contribution in [2.24, 2.45) is 0 Å². The second kappa shape index (κ2) is 7.92. The van der Waals surface area contributed by atoms with E-state index in [1.807, 2.05) is 24.3 Å². The molecule has 0 aliphatic rings. The number of halogens is 3. The summed E-state index contributed by atoms with van der Waals surface area (Å²) in [5.74, 6) is -0.261. The smallest absolute Gasteiger partial charge is 0.129 e. The number of hydrogen-bond acceptors (Lipinski definition) is 1. The minimum atomic E-state index is -0.261. The van der Waals surface area contributed by atoms with Gasteiger partial charge in [-0.05, 0) is 43.1 Å². The first-order valence-corrected chi connectivity index (χ1v) is 8.21. The molecule has 1 nitrogen and oxygen atoms in total. The van der Waals surface area contributed by atoms with E-state index in [0.29, 0.717) is 17.0 Å². The van der Waals surface area contributed by atoms with Crippen molar-refractivity contribution >= 4 is 27.5 Å². The third kappa shape index (κ3) is 4.29. The van der Waals surface area contributed by atoms with Gasteiger partial charge in [0, 0.05) is 21.1 Å². The van der Waals surface area contributed by atoms with Gasteiger partial charge in [0.05, 0.1) is 0 Å². The summed E-state index contributed by atoms with van der Waals surface area (Å²) < 4.78 is 15.2. The zero-order valence-corrected chi connectivity index (χ0v) is 14.2. The normalized spacial score (nSPS) is 12.4. The summed E-state index contributed by atoms with van der Waals surface area (Å²) >= 11 is 9.77. The van der Waals surface area contributed by atoms with Crippen molar-refractivity contribution in [1.29, 1.82) is 0 Å². The molecule has 1 unspecified atom stereocenters. The van der Waals surface area contributed by atoms with Gasteiger partial charge in [0.25, 0.3) is 0 Å². The Balaban J connectivity index is 2.32. The highest BCUT2D eigenvalue weighted by Gasteiger charge is 2.19. The molecule has 0 radical (unpaired) electrons. The lowest BCUT2D eigenvalue weighted by Gasteiger charge is -2.21. The van der Waals surface area contributed by atoms with Crippen molar-refractivity contribution in [3.63, 3.8) is 0 Å². The molecular formula is C17H18BrClFN. The van der Waals surface area contributed by atoms with E-state index in [1.54, 1.807) is 12.1 Å². The van der Waals surface area contributed by atoms with E-state index in [2.05, 4.69) is 28.2 Å². The topological polar surface area (TPSA) is 12.0 Å². The molecule has 4 heteroatoms. The molecule has 0 spiro atoms. The number of nitrogens with one attached hydrogen (secondary N) is 1. The maximum atomic E-state index is 14.2. The Hall–Kier alpha value is -0.900. The average Bonchev–Trinajstić information content (AvgIpc) is 2.46. The Morgan fingerprint density at radius 1 is 1.19 bits per heavy atom. The van der Waals surface area contributed by atoms with Crippen LogP contribution in [0.4, 0.5) is 4.39 Å². The largest absolute Gasteiger partial charge is 0.310 e. The van der Waals surface area contributed by atoms with Gasteiger partial charge in [-0.2, -0.15) is 0 Å². The van der Waals surface area contributed by atoms with Gasteiger partial charge in [-0.1, -0.05) is 58.7 Å². The van der Waals surface area contributed by atoms with Crippen LogP contribution in [-0.4, -0.2) is 6.54 Å². The monoisotopic (exact) mass is 369 g/mol. The van der Waals surface area contributed by atoms with Crippen LogP contribution in [0, 0.1) is 5.82 Å². The summed E-state index contributed by atoms with van der Waals surface area (Å²) in [5.41, 5.74) is 1.67. The van der Waals surface area contributed by atoms with Crippen LogP contribution in [0.15, 0.2) is 46.9 Å². The maximum Gasteiger partial charge on any atom is 0.129 e. The van der Waals surface area contributed by atoms with E-state index >= 15 is 0 Å². The van der Waals surface area contributed by atoms with Crippen molar-refractivity contribution in [2.75, 3.05) is 6.54 Å². The molecule has 1 N–H and O–H groups in total. The SMILES string of the molecule is CCCNC(Cc1ccccc1Br)c1c(F)cccc1Cl. The summed E-state index contributed by atoms with van der Waals surface area (Å²) in [5, 5.41) is 3.87. The summed E-state index contributed by atoms with van der Waals surface area (Å²) in [6.07, 6.45) is 1.67. The predicted molar refractivity (Wildman–Crippen MR) is 90.3 cm³/mol. The third-order valence-corrected chi connectivity index (χ3v) is 4.47. The van der Waals surface area contributed by atoms with Crippen LogP contribution in [0.1, 0.15) is 30.5 Å². The van der Waals surface area contributed by atoms with Crippen molar-refractivity contribution < 1.29 is 4.39 Å². The molecular weight excluding hydrogens is 353 g/mol. The minimum Gasteiger partial charge on any atom is -0.310 e. The van der Waals surface area contributed by atoms with Gasteiger partial charge in [0.15, 0.2) is 0 Å². The fourth-order valence-corrected chi connectivity index (χ4v) is 3.06. The van der Waals surface area contributed by atoms with Crippen molar-refractivity contribution in [3.8, 4) is 0 Å². The van der Waals surface area contributed by atoms with Crippen molar-refractivity contribution in [3.05, 3.63) is 68.9 Å². The van der Waals surface area contributed by atoms with Gasteiger partial charge in [-0.15, -0.1) is 0 Å². The first-order chi connectivity index (χ1) is 10.1. The Morgan fingerprint density at radius 3 is 2.62 bits per heavy atom. The zero-order valence-electron chi connectivity index (χ0n) is 11.9. The Morgan fingerprint density at radius 2 is 1.95 bits per heavy atom. The highest BCUT2D eigenvalue weighted by molar-refractivity contribution is 9.10. The van der Waals surface area contributed by atoms with E-state index in [-0.39, 0.29) is 11.9 Å². The maximum absolute atomic E-state index is 14.2. The molecule has 0 aliphatic heterocycles. The van der Waals surface area contributed by atoms with Crippen LogP contribution in [-0.2, 0) is 6.42 Å². The van der Waals surface area contributed by atoms with E-state index in [1.165, 1.54) is 6.07 Å². The Bertz CT molecular complexity index is 583. The lowest BCUT2D eigenvalue weighted by molar-refractivity contribution is 0.497.